The van der Waals surface area contributed by atoms with Gasteiger partial charge in [0.1, 0.15) is 5.88 Å². The van der Waals surface area contributed by atoms with Crippen LogP contribution in [0.1, 0.15) is 11.1 Å². The molecule has 0 unspecified atom stereocenters. The maximum absolute atomic E-state index is 10.8. The minimum atomic E-state index is -0.136. The molecule has 0 heterocycles. The molecule has 13 heavy (non-hydrogen) atoms. The molecule has 3 heteroatoms. The average Bonchev–Trinajstić information content (AvgIpc) is 2.14. The van der Waals surface area contributed by atoms with E-state index in [-0.39, 0.29) is 11.8 Å². The Hall–Kier alpha value is -1.02. The van der Waals surface area contributed by atoms with E-state index in [1.54, 1.807) is 0 Å². The lowest BCUT2D eigenvalue weighted by atomic mass is 10.1. The molecule has 2 nitrogen and oxygen atoms in total. The van der Waals surface area contributed by atoms with Crippen molar-refractivity contribution in [1.82, 2.24) is 5.32 Å². The van der Waals surface area contributed by atoms with Gasteiger partial charge in [0.25, 0.3) is 0 Å². The van der Waals surface area contributed by atoms with Crippen molar-refractivity contribution in [2.75, 3.05) is 5.88 Å². The lowest BCUT2D eigenvalue weighted by Gasteiger charge is -2.03. The summed E-state index contributed by atoms with van der Waals surface area (Å²) in [5, 5.41) is 2.70. The zero-order valence-electron chi connectivity index (χ0n) is 7.51. The number of aryl methyl sites for hydroxylation is 1. The Balaban J connectivity index is 2.50. The first kappa shape index (κ1) is 10.1. The van der Waals surface area contributed by atoms with Crippen molar-refractivity contribution in [2.45, 2.75) is 13.5 Å². The van der Waals surface area contributed by atoms with E-state index in [0.29, 0.717) is 6.54 Å². The number of hydrogen-bond donors (Lipinski definition) is 1. The van der Waals surface area contributed by atoms with Crippen LogP contribution in [0.5, 0.6) is 0 Å². The van der Waals surface area contributed by atoms with Crippen LogP contribution >= 0.6 is 11.6 Å². The van der Waals surface area contributed by atoms with Gasteiger partial charge in [-0.1, -0.05) is 29.8 Å². The molecule has 0 saturated heterocycles. The highest BCUT2D eigenvalue weighted by atomic mass is 35.5. The van der Waals surface area contributed by atoms with Gasteiger partial charge in [0.05, 0.1) is 0 Å². The van der Waals surface area contributed by atoms with Crippen molar-refractivity contribution >= 4 is 17.5 Å². The van der Waals surface area contributed by atoms with Gasteiger partial charge >= 0.3 is 0 Å². The van der Waals surface area contributed by atoms with E-state index in [9.17, 15) is 4.79 Å². The van der Waals surface area contributed by atoms with Gasteiger partial charge < -0.3 is 5.32 Å². The summed E-state index contributed by atoms with van der Waals surface area (Å²) >= 11 is 5.34. The summed E-state index contributed by atoms with van der Waals surface area (Å²) in [6.07, 6.45) is 0. The summed E-state index contributed by atoms with van der Waals surface area (Å²) in [6.45, 7) is 2.57. The van der Waals surface area contributed by atoms with Crippen LogP contribution in [-0.2, 0) is 11.3 Å². The molecule has 1 rings (SSSR count). The second-order valence-corrected chi connectivity index (χ2v) is 3.17. The van der Waals surface area contributed by atoms with E-state index in [0.717, 1.165) is 5.56 Å². The summed E-state index contributed by atoms with van der Waals surface area (Å²) in [4.78, 5) is 10.8. The third-order valence-corrected chi connectivity index (χ3v) is 1.94. The highest BCUT2D eigenvalue weighted by Crippen LogP contribution is 2.02. The Morgan fingerprint density at radius 2 is 2.31 bits per heavy atom. The number of carbonyl (C=O) groups excluding carboxylic acids is 1. The second kappa shape index (κ2) is 4.87. The van der Waals surface area contributed by atoms with Gasteiger partial charge in [-0.25, -0.2) is 0 Å². The quantitative estimate of drug-likeness (QED) is 0.737. The fourth-order valence-corrected chi connectivity index (χ4v) is 1.16. The van der Waals surface area contributed by atoms with Gasteiger partial charge in [0, 0.05) is 6.54 Å². The number of rotatable bonds is 3. The van der Waals surface area contributed by atoms with Gasteiger partial charge in [-0.3, -0.25) is 4.79 Å². The summed E-state index contributed by atoms with van der Waals surface area (Å²) in [6, 6.07) is 8.00. The van der Waals surface area contributed by atoms with E-state index >= 15 is 0 Å². The molecule has 0 spiro atoms. The second-order valence-electron chi connectivity index (χ2n) is 2.90. The number of hydrogen-bond acceptors (Lipinski definition) is 1. The topological polar surface area (TPSA) is 29.1 Å². The molecule has 1 amide bonds. The molecule has 1 aromatic rings. The van der Waals surface area contributed by atoms with Crippen molar-refractivity contribution in [2.24, 2.45) is 0 Å². The number of alkyl halides is 1. The first-order valence-electron chi connectivity index (χ1n) is 4.10. The summed E-state index contributed by atoms with van der Waals surface area (Å²) in [5.41, 5.74) is 2.29. The summed E-state index contributed by atoms with van der Waals surface area (Å²) in [5.74, 6) is -0.116. The standard InChI is InChI=1S/C10H12ClNO/c1-8-3-2-4-9(5-8)7-12-10(13)6-11/h2-5H,6-7H2,1H3,(H,12,13). The van der Waals surface area contributed by atoms with Crippen LogP contribution in [-0.4, -0.2) is 11.8 Å². The van der Waals surface area contributed by atoms with Crippen LogP contribution in [0.15, 0.2) is 24.3 Å². The molecule has 0 saturated carbocycles. The lowest BCUT2D eigenvalue weighted by molar-refractivity contribution is -0.118. The zero-order valence-corrected chi connectivity index (χ0v) is 8.27. The molecule has 0 bridgehead atoms. The Labute approximate surface area is 82.9 Å². The fraction of sp³-hybridized carbons (Fsp3) is 0.300. The van der Waals surface area contributed by atoms with Crippen LogP contribution in [0.4, 0.5) is 0 Å². The Kier molecular flexibility index (Phi) is 3.77. The third-order valence-electron chi connectivity index (χ3n) is 1.69. The largest absolute Gasteiger partial charge is 0.351 e. The van der Waals surface area contributed by atoms with Gasteiger partial charge in [-0.15, -0.1) is 11.6 Å². The van der Waals surface area contributed by atoms with Crippen LogP contribution in [0.2, 0.25) is 0 Å². The molecule has 0 radical (unpaired) electrons. The molecule has 70 valence electrons. The van der Waals surface area contributed by atoms with E-state index in [4.69, 9.17) is 11.6 Å². The maximum Gasteiger partial charge on any atom is 0.235 e. The predicted molar refractivity (Wildman–Crippen MR) is 53.7 cm³/mol. The Bertz CT molecular complexity index is 299. The highest BCUT2D eigenvalue weighted by molar-refractivity contribution is 6.27. The third kappa shape index (κ3) is 3.47. The Morgan fingerprint density at radius 3 is 2.92 bits per heavy atom. The molecule has 1 aromatic carbocycles. The predicted octanol–water partition coefficient (Wildman–Crippen LogP) is 1.85. The van der Waals surface area contributed by atoms with Crippen LogP contribution < -0.4 is 5.32 Å². The van der Waals surface area contributed by atoms with Crippen molar-refractivity contribution in [1.29, 1.82) is 0 Å². The number of nitrogens with one attached hydrogen (secondary N) is 1. The van der Waals surface area contributed by atoms with E-state index in [2.05, 4.69) is 5.32 Å². The van der Waals surface area contributed by atoms with Gasteiger partial charge in [-0.2, -0.15) is 0 Å². The number of benzene rings is 1. The van der Waals surface area contributed by atoms with E-state index in [1.165, 1.54) is 5.56 Å². The van der Waals surface area contributed by atoms with Crippen molar-refractivity contribution in [3.63, 3.8) is 0 Å². The minimum absolute atomic E-state index is 0.0197. The number of carbonyl (C=O) groups is 1. The molecule has 0 atom stereocenters. The first-order valence-corrected chi connectivity index (χ1v) is 4.64. The van der Waals surface area contributed by atoms with Crippen LogP contribution in [0.3, 0.4) is 0 Å². The molecular formula is C10H12ClNO. The summed E-state index contributed by atoms with van der Waals surface area (Å²) < 4.78 is 0. The van der Waals surface area contributed by atoms with Crippen molar-refractivity contribution in [3.8, 4) is 0 Å². The first-order chi connectivity index (χ1) is 6.22. The molecule has 0 aliphatic carbocycles. The van der Waals surface area contributed by atoms with Crippen molar-refractivity contribution in [3.05, 3.63) is 35.4 Å². The molecule has 0 aliphatic heterocycles. The van der Waals surface area contributed by atoms with Crippen LogP contribution in [0, 0.1) is 6.92 Å². The molecule has 0 aliphatic rings. The number of halogens is 1. The maximum atomic E-state index is 10.8. The van der Waals surface area contributed by atoms with Crippen molar-refractivity contribution < 1.29 is 4.79 Å². The molecule has 0 fully saturated rings. The SMILES string of the molecule is Cc1cccc(CNC(=O)CCl)c1. The number of amides is 1. The van der Waals surface area contributed by atoms with E-state index in [1.807, 2.05) is 31.2 Å². The van der Waals surface area contributed by atoms with E-state index < -0.39 is 0 Å². The van der Waals surface area contributed by atoms with Gasteiger partial charge in [0.2, 0.25) is 5.91 Å². The molecule has 0 aromatic heterocycles. The van der Waals surface area contributed by atoms with Gasteiger partial charge in [0.15, 0.2) is 0 Å². The molecule has 1 N–H and O–H groups in total. The smallest absolute Gasteiger partial charge is 0.235 e. The lowest BCUT2D eigenvalue weighted by Crippen LogP contribution is -2.23. The summed E-state index contributed by atoms with van der Waals surface area (Å²) in [7, 11) is 0. The van der Waals surface area contributed by atoms with Crippen LogP contribution in [0.25, 0.3) is 0 Å². The Morgan fingerprint density at radius 1 is 1.54 bits per heavy atom. The fourth-order valence-electron chi connectivity index (χ4n) is 1.07. The van der Waals surface area contributed by atoms with Gasteiger partial charge in [-0.05, 0) is 12.5 Å². The highest BCUT2D eigenvalue weighted by Gasteiger charge is 1.97. The minimum Gasteiger partial charge on any atom is -0.351 e. The average molecular weight is 198 g/mol. The monoisotopic (exact) mass is 197 g/mol. The zero-order chi connectivity index (χ0) is 9.68. The molecular weight excluding hydrogens is 186 g/mol. The normalized spacial score (nSPS) is 9.69.